The molecule has 0 heterocycles. The number of hydrogen-bond acceptors (Lipinski definition) is 3. The van der Waals surface area contributed by atoms with E-state index in [-0.39, 0.29) is 0 Å². The second-order valence-electron chi connectivity index (χ2n) is 6.55. The summed E-state index contributed by atoms with van der Waals surface area (Å²) in [5.41, 5.74) is 4.96. The van der Waals surface area contributed by atoms with Gasteiger partial charge in [-0.1, -0.05) is 33.5 Å². The molecule has 0 saturated carbocycles. The molecule has 0 radical (unpaired) electrons. The number of ether oxygens (including phenoxy) is 1. The number of nitrogens with one attached hydrogen (secondary N) is 1. The smallest absolute Gasteiger partial charge is 0.404 e. The molecule has 4 nitrogen and oxygen atoms in total. The average molecular weight is 274 g/mol. The topological polar surface area (TPSA) is 64.3 Å². The zero-order chi connectivity index (χ0) is 14.2. The standard InChI is InChI=1S/C13H30N2O2Si/c1-11(2)10-12(6-8-17-13(14)16)15-7-9-18(3,4)5/h11-12,15H,6-10H2,1-5H3,(H2,14,16)/t12-/m1/s1. The van der Waals surface area contributed by atoms with Gasteiger partial charge in [0.25, 0.3) is 0 Å². The first-order valence-electron chi connectivity index (χ1n) is 6.86. The highest BCUT2D eigenvalue weighted by atomic mass is 28.3. The third-order valence-corrected chi connectivity index (χ3v) is 4.52. The SMILES string of the molecule is CC(C)C[C@@H](CCOC(N)=O)NCC[Si](C)(C)C. The molecule has 0 aromatic rings. The van der Waals surface area contributed by atoms with Gasteiger partial charge in [-0.2, -0.15) is 0 Å². The Hall–Kier alpha value is -0.553. The van der Waals surface area contributed by atoms with Gasteiger partial charge in [-0.15, -0.1) is 0 Å². The normalized spacial score (nSPS) is 13.7. The maximum Gasteiger partial charge on any atom is 0.404 e. The van der Waals surface area contributed by atoms with Crippen LogP contribution in [0.3, 0.4) is 0 Å². The molecular formula is C13H30N2O2Si. The lowest BCUT2D eigenvalue weighted by Crippen LogP contribution is -2.36. The molecular weight excluding hydrogens is 244 g/mol. The van der Waals surface area contributed by atoms with E-state index in [0.29, 0.717) is 18.6 Å². The minimum atomic E-state index is -0.981. The Morgan fingerprint density at radius 2 is 1.94 bits per heavy atom. The van der Waals surface area contributed by atoms with Gasteiger partial charge >= 0.3 is 6.09 Å². The van der Waals surface area contributed by atoms with Crippen molar-refractivity contribution in [1.29, 1.82) is 0 Å². The Morgan fingerprint density at radius 3 is 2.39 bits per heavy atom. The van der Waals surface area contributed by atoms with Crippen molar-refractivity contribution in [3.05, 3.63) is 0 Å². The third kappa shape index (κ3) is 11.9. The van der Waals surface area contributed by atoms with Gasteiger partial charge in [-0.25, -0.2) is 4.79 Å². The van der Waals surface area contributed by atoms with E-state index in [2.05, 4.69) is 38.8 Å². The number of hydrogen-bond donors (Lipinski definition) is 2. The average Bonchev–Trinajstić information content (AvgIpc) is 2.13. The summed E-state index contributed by atoms with van der Waals surface area (Å²) in [7, 11) is -0.981. The Kier molecular flexibility index (Phi) is 8.27. The molecule has 0 bridgehead atoms. The number of carbonyl (C=O) groups is 1. The van der Waals surface area contributed by atoms with E-state index < -0.39 is 14.2 Å². The Morgan fingerprint density at radius 1 is 1.33 bits per heavy atom. The van der Waals surface area contributed by atoms with Crippen molar-refractivity contribution in [3.8, 4) is 0 Å². The molecule has 5 heteroatoms. The molecule has 0 unspecified atom stereocenters. The monoisotopic (exact) mass is 274 g/mol. The van der Waals surface area contributed by atoms with E-state index >= 15 is 0 Å². The second-order valence-corrected chi connectivity index (χ2v) is 12.2. The summed E-state index contributed by atoms with van der Waals surface area (Å²) >= 11 is 0. The lowest BCUT2D eigenvalue weighted by Gasteiger charge is -2.23. The van der Waals surface area contributed by atoms with Gasteiger partial charge in [0, 0.05) is 14.1 Å². The predicted molar refractivity (Wildman–Crippen MR) is 79.6 cm³/mol. The quantitative estimate of drug-likeness (QED) is 0.635. The van der Waals surface area contributed by atoms with Crippen LogP contribution in [0.15, 0.2) is 0 Å². The van der Waals surface area contributed by atoms with Gasteiger partial charge in [0.2, 0.25) is 0 Å². The molecule has 0 saturated heterocycles. The van der Waals surface area contributed by atoms with Crippen molar-refractivity contribution in [3.63, 3.8) is 0 Å². The van der Waals surface area contributed by atoms with Gasteiger partial charge in [-0.3, -0.25) is 0 Å². The molecule has 0 aromatic heterocycles. The molecule has 1 amide bonds. The van der Waals surface area contributed by atoms with Crippen LogP contribution in [0.1, 0.15) is 26.7 Å². The summed E-state index contributed by atoms with van der Waals surface area (Å²) in [6.45, 7) is 13.0. The van der Waals surface area contributed by atoms with Crippen molar-refractivity contribution in [2.75, 3.05) is 13.2 Å². The lowest BCUT2D eigenvalue weighted by atomic mass is 10.0. The molecule has 108 valence electrons. The number of primary amides is 1. The van der Waals surface area contributed by atoms with Gasteiger partial charge in [-0.05, 0) is 31.3 Å². The van der Waals surface area contributed by atoms with E-state index in [4.69, 9.17) is 10.5 Å². The second kappa shape index (κ2) is 8.53. The zero-order valence-corrected chi connectivity index (χ0v) is 13.6. The first kappa shape index (κ1) is 17.4. The van der Waals surface area contributed by atoms with Crippen molar-refractivity contribution >= 4 is 14.2 Å². The summed E-state index contributed by atoms with van der Waals surface area (Å²) in [5.74, 6) is 0.642. The van der Waals surface area contributed by atoms with E-state index in [1.807, 2.05) is 0 Å². The van der Waals surface area contributed by atoms with Crippen LogP contribution in [0.25, 0.3) is 0 Å². The first-order valence-corrected chi connectivity index (χ1v) is 10.6. The highest BCUT2D eigenvalue weighted by Gasteiger charge is 2.15. The summed E-state index contributed by atoms with van der Waals surface area (Å²) < 4.78 is 4.81. The molecule has 1 atom stereocenters. The van der Waals surface area contributed by atoms with Crippen LogP contribution in [0, 0.1) is 5.92 Å². The van der Waals surface area contributed by atoms with Crippen molar-refractivity contribution in [2.24, 2.45) is 11.7 Å². The largest absolute Gasteiger partial charge is 0.450 e. The fourth-order valence-electron chi connectivity index (χ4n) is 1.83. The van der Waals surface area contributed by atoms with E-state index in [1.54, 1.807) is 0 Å². The Bertz CT molecular complexity index is 240. The van der Waals surface area contributed by atoms with Crippen LogP contribution in [0.5, 0.6) is 0 Å². The molecule has 0 aromatic carbocycles. The molecule has 0 rings (SSSR count). The summed E-state index contributed by atoms with van der Waals surface area (Å²) in [6, 6.07) is 1.69. The Balaban J connectivity index is 3.95. The maximum atomic E-state index is 10.5. The molecule has 0 fully saturated rings. The van der Waals surface area contributed by atoms with Crippen LogP contribution in [-0.2, 0) is 4.74 Å². The predicted octanol–water partition coefficient (Wildman–Crippen LogP) is 2.81. The van der Waals surface area contributed by atoms with Gasteiger partial charge < -0.3 is 15.8 Å². The zero-order valence-electron chi connectivity index (χ0n) is 12.6. The molecule has 0 aliphatic heterocycles. The fraction of sp³-hybridized carbons (Fsp3) is 0.923. The molecule has 0 aliphatic carbocycles. The highest BCUT2D eigenvalue weighted by Crippen LogP contribution is 2.11. The van der Waals surface area contributed by atoms with Crippen LogP contribution in [0.2, 0.25) is 25.7 Å². The van der Waals surface area contributed by atoms with Crippen molar-refractivity contribution < 1.29 is 9.53 Å². The van der Waals surface area contributed by atoms with E-state index in [0.717, 1.165) is 19.4 Å². The highest BCUT2D eigenvalue weighted by molar-refractivity contribution is 6.76. The fourth-order valence-corrected chi connectivity index (χ4v) is 2.72. The molecule has 0 spiro atoms. The van der Waals surface area contributed by atoms with E-state index in [1.165, 1.54) is 6.04 Å². The first-order chi connectivity index (χ1) is 8.20. The van der Waals surface area contributed by atoms with Gasteiger partial charge in [0.15, 0.2) is 0 Å². The van der Waals surface area contributed by atoms with E-state index in [9.17, 15) is 4.79 Å². The lowest BCUT2D eigenvalue weighted by molar-refractivity contribution is 0.149. The van der Waals surface area contributed by atoms with Crippen molar-refractivity contribution in [2.45, 2.75) is 58.4 Å². The van der Waals surface area contributed by atoms with Crippen LogP contribution in [-0.4, -0.2) is 33.4 Å². The maximum absolute atomic E-state index is 10.5. The molecule has 18 heavy (non-hydrogen) atoms. The van der Waals surface area contributed by atoms with Crippen LogP contribution in [0.4, 0.5) is 4.79 Å². The number of carbonyl (C=O) groups excluding carboxylic acids is 1. The van der Waals surface area contributed by atoms with Gasteiger partial charge in [0.1, 0.15) is 0 Å². The number of nitrogens with two attached hydrogens (primary N) is 1. The number of amides is 1. The van der Waals surface area contributed by atoms with Crippen LogP contribution >= 0.6 is 0 Å². The summed E-state index contributed by atoms with van der Waals surface area (Å²) in [5, 5.41) is 3.58. The Labute approximate surface area is 113 Å². The summed E-state index contributed by atoms with van der Waals surface area (Å²) in [4.78, 5) is 10.5. The molecule has 0 aliphatic rings. The van der Waals surface area contributed by atoms with Crippen LogP contribution < -0.4 is 11.1 Å². The molecule has 3 N–H and O–H groups in total. The third-order valence-electron chi connectivity index (χ3n) is 2.77. The number of rotatable bonds is 9. The van der Waals surface area contributed by atoms with Crippen molar-refractivity contribution in [1.82, 2.24) is 5.32 Å². The van der Waals surface area contributed by atoms with Gasteiger partial charge in [0.05, 0.1) is 6.61 Å². The minimum Gasteiger partial charge on any atom is -0.450 e. The summed E-state index contributed by atoms with van der Waals surface area (Å²) in [6.07, 6.45) is 1.26. The minimum absolute atomic E-state index is 0.409.